The summed E-state index contributed by atoms with van der Waals surface area (Å²) in [5, 5.41) is 0. The summed E-state index contributed by atoms with van der Waals surface area (Å²) in [6.07, 6.45) is 5.14. The number of hydrogen-bond donors (Lipinski definition) is 1. The van der Waals surface area contributed by atoms with Crippen LogP contribution in [0.3, 0.4) is 0 Å². The summed E-state index contributed by atoms with van der Waals surface area (Å²) >= 11 is 0. The second-order valence-corrected chi connectivity index (χ2v) is 4.70. The van der Waals surface area contributed by atoms with E-state index >= 15 is 0 Å². The van der Waals surface area contributed by atoms with Crippen LogP contribution in [-0.2, 0) is 13.1 Å². The number of nitrogens with zero attached hydrogens (tertiary/aromatic N) is 3. The summed E-state index contributed by atoms with van der Waals surface area (Å²) in [4.78, 5) is 6.87. The van der Waals surface area contributed by atoms with Crippen LogP contribution in [0.2, 0.25) is 0 Å². The molecule has 2 N–H and O–H groups in total. The van der Waals surface area contributed by atoms with Gasteiger partial charge in [0.25, 0.3) is 0 Å². The third-order valence-electron chi connectivity index (χ3n) is 3.79. The van der Waals surface area contributed by atoms with E-state index in [0.717, 1.165) is 26.2 Å². The van der Waals surface area contributed by atoms with Crippen molar-refractivity contribution in [2.45, 2.75) is 39.4 Å². The van der Waals surface area contributed by atoms with E-state index in [0.29, 0.717) is 12.0 Å². The molecule has 2 rings (SSSR count). The monoisotopic (exact) mass is 222 g/mol. The van der Waals surface area contributed by atoms with Gasteiger partial charge in [0.2, 0.25) is 0 Å². The van der Waals surface area contributed by atoms with Crippen LogP contribution in [0.1, 0.15) is 26.1 Å². The molecular formula is C12H22N4. The predicted octanol–water partition coefficient (Wildman–Crippen LogP) is 1.07. The van der Waals surface area contributed by atoms with E-state index in [1.54, 1.807) is 0 Å². The van der Waals surface area contributed by atoms with Crippen LogP contribution in [0, 0.1) is 5.92 Å². The van der Waals surface area contributed by atoms with E-state index in [1.807, 2.05) is 6.20 Å². The maximum Gasteiger partial charge on any atom is 0.122 e. The molecule has 0 spiro atoms. The molecular weight excluding hydrogens is 200 g/mol. The van der Waals surface area contributed by atoms with Gasteiger partial charge in [-0.3, -0.25) is 4.90 Å². The Balaban J connectivity index is 2.06. The molecule has 2 atom stereocenters. The maximum absolute atomic E-state index is 5.91. The highest BCUT2D eigenvalue weighted by Crippen LogP contribution is 2.19. The summed E-state index contributed by atoms with van der Waals surface area (Å²) in [6.45, 7) is 8.35. The molecule has 1 aromatic heterocycles. The minimum absolute atomic E-state index is 0.496. The fourth-order valence-corrected chi connectivity index (χ4v) is 2.49. The summed E-state index contributed by atoms with van der Waals surface area (Å²) < 4.78 is 2.24. The van der Waals surface area contributed by atoms with Gasteiger partial charge in [0.15, 0.2) is 0 Å². The van der Waals surface area contributed by atoms with Crippen molar-refractivity contribution in [2.75, 3.05) is 13.1 Å². The molecule has 0 radical (unpaired) electrons. The van der Waals surface area contributed by atoms with Crippen molar-refractivity contribution in [1.82, 2.24) is 14.5 Å². The molecule has 1 aliphatic heterocycles. The minimum Gasteiger partial charge on any atom is -0.333 e. The molecule has 90 valence electrons. The van der Waals surface area contributed by atoms with E-state index in [4.69, 9.17) is 5.73 Å². The van der Waals surface area contributed by atoms with Crippen LogP contribution in [0.15, 0.2) is 12.4 Å². The number of fused-ring (bicyclic) bond motifs is 1. The second kappa shape index (κ2) is 4.97. The van der Waals surface area contributed by atoms with Crippen LogP contribution in [0.25, 0.3) is 0 Å². The highest BCUT2D eigenvalue weighted by molar-refractivity contribution is 4.97. The highest BCUT2D eigenvalue weighted by Gasteiger charge is 2.26. The number of rotatable bonds is 4. The van der Waals surface area contributed by atoms with E-state index < -0.39 is 0 Å². The zero-order valence-corrected chi connectivity index (χ0v) is 10.3. The molecule has 2 heterocycles. The van der Waals surface area contributed by atoms with Crippen molar-refractivity contribution >= 4 is 0 Å². The van der Waals surface area contributed by atoms with Gasteiger partial charge >= 0.3 is 0 Å². The fraction of sp³-hybridized carbons (Fsp3) is 0.750. The quantitative estimate of drug-likeness (QED) is 0.829. The SMILES string of the molecule is CCC(C)C(CN)N1CCn2ccnc2C1. The van der Waals surface area contributed by atoms with Crippen LogP contribution in [-0.4, -0.2) is 33.6 Å². The lowest BCUT2D eigenvalue weighted by Gasteiger charge is -2.37. The Bertz CT molecular complexity index is 334. The fourth-order valence-electron chi connectivity index (χ4n) is 2.49. The standard InChI is InChI=1S/C12H22N4/c1-3-10(2)11(8-13)16-7-6-15-5-4-14-12(15)9-16/h4-5,10-11H,3,6-9,13H2,1-2H3. The predicted molar refractivity (Wildman–Crippen MR) is 64.9 cm³/mol. The average molecular weight is 222 g/mol. The number of imidazole rings is 1. The van der Waals surface area contributed by atoms with Gasteiger partial charge in [-0.1, -0.05) is 20.3 Å². The van der Waals surface area contributed by atoms with Crippen LogP contribution >= 0.6 is 0 Å². The van der Waals surface area contributed by atoms with E-state index in [2.05, 4.69) is 34.5 Å². The van der Waals surface area contributed by atoms with Crippen LogP contribution in [0.4, 0.5) is 0 Å². The van der Waals surface area contributed by atoms with Crippen LogP contribution < -0.4 is 5.73 Å². The molecule has 16 heavy (non-hydrogen) atoms. The lowest BCUT2D eigenvalue weighted by molar-refractivity contribution is 0.115. The van der Waals surface area contributed by atoms with E-state index in [1.165, 1.54) is 12.2 Å². The van der Waals surface area contributed by atoms with Crippen molar-refractivity contribution in [1.29, 1.82) is 0 Å². The summed E-state index contributed by atoms with van der Waals surface area (Å²) in [6, 6.07) is 0.496. The molecule has 0 saturated heterocycles. The first kappa shape index (κ1) is 11.6. The minimum atomic E-state index is 0.496. The Kier molecular flexibility index (Phi) is 3.61. The molecule has 4 nitrogen and oxygen atoms in total. The molecule has 0 fully saturated rings. The van der Waals surface area contributed by atoms with Crippen molar-refractivity contribution < 1.29 is 0 Å². The molecule has 4 heteroatoms. The van der Waals surface area contributed by atoms with Gasteiger partial charge in [0.1, 0.15) is 5.82 Å². The normalized spacial score (nSPS) is 20.4. The Morgan fingerprint density at radius 3 is 3.00 bits per heavy atom. The first-order chi connectivity index (χ1) is 7.76. The van der Waals surface area contributed by atoms with Gasteiger partial charge in [-0.15, -0.1) is 0 Å². The molecule has 0 saturated carbocycles. The van der Waals surface area contributed by atoms with Gasteiger partial charge in [-0.25, -0.2) is 4.98 Å². The molecule has 1 aliphatic rings. The maximum atomic E-state index is 5.91. The van der Waals surface area contributed by atoms with Crippen molar-refractivity contribution in [3.63, 3.8) is 0 Å². The Morgan fingerprint density at radius 1 is 1.50 bits per heavy atom. The van der Waals surface area contributed by atoms with Crippen molar-refractivity contribution in [3.05, 3.63) is 18.2 Å². The summed E-state index contributed by atoms with van der Waals surface area (Å²) in [5.41, 5.74) is 5.91. The average Bonchev–Trinajstić information content (AvgIpc) is 2.77. The molecule has 1 aromatic rings. The highest BCUT2D eigenvalue weighted by atomic mass is 15.3. The summed E-state index contributed by atoms with van der Waals surface area (Å²) in [7, 11) is 0. The zero-order chi connectivity index (χ0) is 11.5. The molecule has 0 amide bonds. The van der Waals surface area contributed by atoms with Crippen LogP contribution in [0.5, 0.6) is 0 Å². The number of nitrogens with two attached hydrogens (primary N) is 1. The van der Waals surface area contributed by atoms with E-state index in [9.17, 15) is 0 Å². The van der Waals surface area contributed by atoms with Crippen molar-refractivity contribution in [2.24, 2.45) is 11.7 Å². The second-order valence-electron chi connectivity index (χ2n) is 4.70. The lowest BCUT2D eigenvalue weighted by atomic mass is 9.97. The first-order valence-electron chi connectivity index (χ1n) is 6.20. The van der Waals surface area contributed by atoms with Gasteiger partial charge in [-0.2, -0.15) is 0 Å². The number of aromatic nitrogens is 2. The number of hydrogen-bond acceptors (Lipinski definition) is 3. The van der Waals surface area contributed by atoms with Gasteiger partial charge in [0, 0.05) is 38.1 Å². The Labute approximate surface area is 97.4 Å². The topological polar surface area (TPSA) is 47.1 Å². The third kappa shape index (κ3) is 2.13. The van der Waals surface area contributed by atoms with Gasteiger partial charge < -0.3 is 10.3 Å². The molecule has 0 aromatic carbocycles. The van der Waals surface area contributed by atoms with Crippen molar-refractivity contribution in [3.8, 4) is 0 Å². The summed E-state index contributed by atoms with van der Waals surface area (Å²) in [5.74, 6) is 1.83. The smallest absolute Gasteiger partial charge is 0.122 e. The molecule has 0 aliphatic carbocycles. The molecule has 2 unspecified atom stereocenters. The van der Waals surface area contributed by atoms with Gasteiger partial charge in [-0.05, 0) is 5.92 Å². The Morgan fingerprint density at radius 2 is 2.31 bits per heavy atom. The zero-order valence-electron chi connectivity index (χ0n) is 10.3. The largest absolute Gasteiger partial charge is 0.333 e. The lowest BCUT2D eigenvalue weighted by Crippen LogP contribution is -2.48. The molecule has 0 bridgehead atoms. The third-order valence-corrected chi connectivity index (χ3v) is 3.79. The Hall–Kier alpha value is -0.870. The van der Waals surface area contributed by atoms with E-state index in [-0.39, 0.29) is 0 Å². The first-order valence-corrected chi connectivity index (χ1v) is 6.20. The van der Waals surface area contributed by atoms with Gasteiger partial charge in [0.05, 0.1) is 6.54 Å².